The number of thiophene rings is 1. The SMILES string of the molecule is CCCN(CC(=O)OCC)C(=O)c1sccc1C. The highest BCUT2D eigenvalue weighted by Gasteiger charge is 2.20. The molecule has 0 bridgehead atoms. The molecule has 0 aliphatic rings. The summed E-state index contributed by atoms with van der Waals surface area (Å²) in [6.45, 7) is 6.57. The second-order valence-electron chi connectivity index (χ2n) is 3.96. The van der Waals surface area contributed by atoms with Crippen LogP contribution in [-0.4, -0.2) is 36.5 Å². The number of aryl methyl sites for hydroxylation is 1. The van der Waals surface area contributed by atoms with Crippen LogP contribution in [0.3, 0.4) is 0 Å². The number of amides is 1. The highest BCUT2D eigenvalue weighted by atomic mass is 32.1. The maximum absolute atomic E-state index is 12.3. The summed E-state index contributed by atoms with van der Waals surface area (Å²) in [5.74, 6) is -0.439. The van der Waals surface area contributed by atoms with Gasteiger partial charge in [0, 0.05) is 6.54 Å². The number of ether oxygens (including phenoxy) is 1. The van der Waals surface area contributed by atoms with E-state index in [-0.39, 0.29) is 18.4 Å². The summed E-state index contributed by atoms with van der Waals surface area (Å²) in [5, 5.41) is 1.89. The number of hydrogen-bond donors (Lipinski definition) is 0. The maximum Gasteiger partial charge on any atom is 0.325 e. The summed E-state index contributed by atoms with van der Waals surface area (Å²) in [4.78, 5) is 26.0. The molecule has 0 aliphatic carbocycles. The van der Waals surface area contributed by atoms with Gasteiger partial charge in [-0.25, -0.2) is 0 Å². The Kier molecular flexibility index (Phi) is 5.85. The zero-order valence-electron chi connectivity index (χ0n) is 11.1. The molecule has 1 amide bonds. The molecule has 0 spiro atoms. The molecule has 1 aromatic rings. The van der Waals surface area contributed by atoms with Gasteiger partial charge in [0.25, 0.3) is 5.91 Å². The predicted molar refractivity (Wildman–Crippen MR) is 71.9 cm³/mol. The van der Waals surface area contributed by atoms with E-state index in [0.29, 0.717) is 18.0 Å². The molecule has 5 heteroatoms. The average Bonchev–Trinajstić information content (AvgIpc) is 2.74. The van der Waals surface area contributed by atoms with Gasteiger partial charge in [-0.1, -0.05) is 6.92 Å². The van der Waals surface area contributed by atoms with Crippen LogP contribution in [0.1, 0.15) is 35.5 Å². The molecule has 0 saturated carbocycles. The number of hydrogen-bond acceptors (Lipinski definition) is 4. The predicted octanol–water partition coefficient (Wildman–Crippen LogP) is 2.47. The van der Waals surface area contributed by atoms with Gasteiger partial charge in [0.05, 0.1) is 11.5 Å². The average molecular weight is 269 g/mol. The second kappa shape index (κ2) is 7.16. The van der Waals surface area contributed by atoms with E-state index in [9.17, 15) is 9.59 Å². The fraction of sp³-hybridized carbons (Fsp3) is 0.538. The van der Waals surface area contributed by atoms with Crippen molar-refractivity contribution in [3.8, 4) is 0 Å². The Morgan fingerprint density at radius 2 is 2.11 bits per heavy atom. The van der Waals surface area contributed by atoms with Gasteiger partial charge in [-0.15, -0.1) is 11.3 Å². The fourth-order valence-electron chi connectivity index (χ4n) is 1.62. The second-order valence-corrected chi connectivity index (χ2v) is 4.88. The van der Waals surface area contributed by atoms with Gasteiger partial charge in [0.1, 0.15) is 6.54 Å². The fourth-order valence-corrected chi connectivity index (χ4v) is 2.51. The summed E-state index contributed by atoms with van der Waals surface area (Å²) in [5.41, 5.74) is 0.954. The van der Waals surface area contributed by atoms with Crippen LogP contribution in [-0.2, 0) is 9.53 Å². The number of rotatable bonds is 6. The molecule has 0 N–H and O–H groups in total. The van der Waals surface area contributed by atoms with Gasteiger partial charge in [-0.3, -0.25) is 9.59 Å². The summed E-state index contributed by atoms with van der Waals surface area (Å²) >= 11 is 1.41. The summed E-state index contributed by atoms with van der Waals surface area (Å²) in [7, 11) is 0. The lowest BCUT2D eigenvalue weighted by molar-refractivity contribution is -0.143. The number of carbonyl (C=O) groups excluding carboxylic acids is 2. The number of esters is 1. The molecule has 0 unspecified atom stereocenters. The molecule has 0 radical (unpaired) electrons. The standard InChI is InChI=1S/C13H19NO3S/c1-4-7-14(9-11(15)17-5-2)13(16)12-10(3)6-8-18-12/h6,8H,4-5,7,9H2,1-3H3. The largest absolute Gasteiger partial charge is 0.465 e. The minimum Gasteiger partial charge on any atom is -0.465 e. The third-order valence-corrected chi connectivity index (χ3v) is 3.47. The topological polar surface area (TPSA) is 46.6 Å². The lowest BCUT2D eigenvalue weighted by Gasteiger charge is -2.20. The van der Waals surface area contributed by atoms with E-state index in [0.717, 1.165) is 12.0 Å². The highest BCUT2D eigenvalue weighted by Crippen LogP contribution is 2.18. The number of carbonyl (C=O) groups is 2. The van der Waals surface area contributed by atoms with Gasteiger partial charge in [-0.2, -0.15) is 0 Å². The summed E-state index contributed by atoms with van der Waals surface area (Å²) in [6, 6.07) is 1.91. The van der Waals surface area contributed by atoms with E-state index in [1.54, 1.807) is 11.8 Å². The van der Waals surface area contributed by atoms with Gasteiger partial charge >= 0.3 is 5.97 Å². The van der Waals surface area contributed by atoms with Crippen molar-refractivity contribution in [2.24, 2.45) is 0 Å². The first-order valence-corrected chi connectivity index (χ1v) is 6.97. The van der Waals surface area contributed by atoms with Crippen molar-refractivity contribution < 1.29 is 14.3 Å². The molecule has 1 aromatic heterocycles. The van der Waals surface area contributed by atoms with E-state index in [2.05, 4.69) is 0 Å². The molecule has 18 heavy (non-hydrogen) atoms. The Bertz CT molecular complexity index is 414. The Balaban J connectivity index is 2.75. The Morgan fingerprint density at radius 1 is 1.39 bits per heavy atom. The van der Waals surface area contributed by atoms with Crippen molar-refractivity contribution in [2.75, 3.05) is 19.7 Å². The van der Waals surface area contributed by atoms with Gasteiger partial charge < -0.3 is 9.64 Å². The molecule has 100 valence electrons. The van der Waals surface area contributed by atoms with Crippen molar-refractivity contribution in [3.05, 3.63) is 21.9 Å². The normalized spacial score (nSPS) is 10.2. The van der Waals surface area contributed by atoms with Crippen molar-refractivity contribution in [1.29, 1.82) is 0 Å². The van der Waals surface area contributed by atoms with Crippen LogP contribution in [0.25, 0.3) is 0 Å². The molecule has 1 heterocycles. The van der Waals surface area contributed by atoms with E-state index in [4.69, 9.17) is 4.74 Å². The molecular formula is C13H19NO3S. The Hall–Kier alpha value is -1.36. The molecule has 4 nitrogen and oxygen atoms in total. The molecule has 1 rings (SSSR count). The lowest BCUT2D eigenvalue weighted by atomic mass is 10.2. The number of nitrogens with zero attached hydrogens (tertiary/aromatic N) is 1. The third kappa shape index (κ3) is 3.84. The summed E-state index contributed by atoms with van der Waals surface area (Å²) < 4.78 is 4.89. The van der Waals surface area contributed by atoms with Crippen LogP contribution in [0.15, 0.2) is 11.4 Å². The van der Waals surface area contributed by atoms with Crippen molar-refractivity contribution in [1.82, 2.24) is 4.90 Å². The van der Waals surface area contributed by atoms with Crippen LogP contribution in [0.5, 0.6) is 0 Å². The highest BCUT2D eigenvalue weighted by molar-refractivity contribution is 7.12. The first-order chi connectivity index (χ1) is 8.60. The van der Waals surface area contributed by atoms with E-state index < -0.39 is 0 Å². The Labute approximate surface area is 112 Å². The van der Waals surface area contributed by atoms with Gasteiger partial charge in [-0.05, 0) is 37.3 Å². The smallest absolute Gasteiger partial charge is 0.325 e. The van der Waals surface area contributed by atoms with Crippen LogP contribution >= 0.6 is 11.3 Å². The zero-order valence-corrected chi connectivity index (χ0v) is 11.9. The van der Waals surface area contributed by atoms with Crippen LogP contribution in [0, 0.1) is 6.92 Å². The molecule has 0 fully saturated rings. The van der Waals surface area contributed by atoms with Crippen molar-refractivity contribution in [3.63, 3.8) is 0 Å². The molecular weight excluding hydrogens is 250 g/mol. The monoisotopic (exact) mass is 269 g/mol. The minimum atomic E-state index is -0.353. The van der Waals surface area contributed by atoms with Gasteiger partial charge in [0.15, 0.2) is 0 Å². The molecule has 0 saturated heterocycles. The quantitative estimate of drug-likeness (QED) is 0.745. The minimum absolute atomic E-state index is 0.0256. The van der Waals surface area contributed by atoms with E-state index >= 15 is 0 Å². The maximum atomic E-state index is 12.3. The Morgan fingerprint density at radius 3 is 2.61 bits per heavy atom. The van der Waals surface area contributed by atoms with Crippen LogP contribution in [0.4, 0.5) is 0 Å². The van der Waals surface area contributed by atoms with Crippen LogP contribution < -0.4 is 0 Å². The molecule has 0 aliphatic heterocycles. The van der Waals surface area contributed by atoms with Crippen LogP contribution in [0.2, 0.25) is 0 Å². The first kappa shape index (κ1) is 14.7. The zero-order chi connectivity index (χ0) is 13.5. The molecule has 0 atom stereocenters. The third-order valence-electron chi connectivity index (χ3n) is 2.46. The molecule has 0 aromatic carbocycles. The van der Waals surface area contributed by atoms with E-state index in [1.165, 1.54) is 11.3 Å². The van der Waals surface area contributed by atoms with Crippen molar-refractivity contribution in [2.45, 2.75) is 27.2 Å². The lowest BCUT2D eigenvalue weighted by Crippen LogP contribution is -2.37. The van der Waals surface area contributed by atoms with Crippen molar-refractivity contribution >= 4 is 23.2 Å². The van der Waals surface area contributed by atoms with Gasteiger partial charge in [0.2, 0.25) is 0 Å². The first-order valence-electron chi connectivity index (χ1n) is 6.09. The summed E-state index contributed by atoms with van der Waals surface area (Å²) in [6.07, 6.45) is 0.815. The van der Waals surface area contributed by atoms with E-state index in [1.807, 2.05) is 25.3 Å².